The molecular weight excluding hydrogens is 338 g/mol. The van der Waals surface area contributed by atoms with Crippen LogP contribution in [0.5, 0.6) is 0 Å². The third-order valence-corrected chi connectivity index (χ3v) is 5.36. The topological polar surface area (TPSA) is 55.5 Å². The Morgan fingerprint density at radius 1 is 1.30 bits per heavy atom. The molecule has 0 aliphatic carbocycles. The lowest BCUT2D eigenvalue weighted by Gasteiger charge is -2.34. The van der Waals surface area contributed by atoms with Gasteiger partial charge in [-0.05, 0) is 44.7 Å². The van der Waals surface area contributed by atoms with Gasteiger partial charge in [0.2, 0.25) is 0 Å². The van der Waals surface area contributed by atoms with Crippen LogP contribution in [0, 0.1) is 13.8 Å². The molecule has 0 N–H and O–H groups in total. The van der Waals surface area contributed by atoms with E-state index in [-0.39, 0.29) is 6.10 Å². The summed E-state index contributed by atoms with van der Waals surface area (Å²) in [7, 11) is 0. The van der Waals surface area contributed by atoms with Gasteiger partial charge in [-0.2, -0.15) is 9.61 Å². The number of nitrogens with zero attached hydrogens (tertiary/aromatic N) is 5. The summed E-state index contributed by atoms with van der Waals surface area (Å²) in [6.07, 6.45) is 6.99. The van der Waals surface area contributed by atoms with Crippen molar-refractivity contribution >= 4 is 11.5 Å². The van der Waals surface area contributed by atoms with Gasteiger partial charge in [-0.15, -0.1) is 0 Å². The van der Waals surface area contributed by atoms with E-state index in [1.165, 1.54) is 0 Å². The zero-order chi connectivity index (χ0) is 18.8. The highest BCUT2D eigenvalue weighted by molar-refractivity contribution is 5.57. The van der Waals surface area contributed by atoms with Crippen LogP contribution in [-0.2, 0) is 17.8 Å². The Morgan fingerprint density at radius 2 is 2.19 bits per heavy atom. The molecule has 6 heteroatoms. The third-order valence-electron chi connectivity index (χ3n) is 5.36. The lowest BCUT2D eigenvalue weighted by Crippen LogP contribution is -2.40. The maximum absolute atomic E-state index is 6.19. The van der Waals surface area contributed by atoms with Crippen LogP contribution in [-0.4, -0.2) is 38.8 Å². The number of rotatable bonds is 5. The minimum absolute atomic E-state index is 0.213. The second-order valence-corrected chi connectivity index (χ2v) is 7.29. The highest BCUT2D eigenvalue weighted by Gasteiger charge is 2.24. The number of hydrogen-bond donors (Lipinski definition) is 0. The monoisotopic (exact) mass is 365 g/mol. The van der Waals surface area contributed by atoms with Crippen molar-refractivity contribution in [2.45, 2.75) is 52.7 Å². The molecule has 3 aromatic rings. The molecule has 0 radical (unpaired) electrons. The maximum atomic E-state index is 6.19. The van der Waals surface area contributed by atoms with Crippen molar-refractivity contribution in [3.63, 3.8) is 0 Å². The summed E-state index contributed by atoms with van der Waals surface area (Å²) < 4.78 is 8.20. The average molecular weight is 365 g/mol. The zero-order valence-corrected chi connectivity index (χ0v) is 16.4. The van der Waals surface area contributed by atoms with Crippen LogP contribution in [0.4, 0.5) is 5.82 Å². The summed E-state index contributed by atoms with van der Waals surface area (Å²) >= 11 is 0. The quantitative estimate of drug-likeness (QED) is 0.693. The predicted molar refractivity (Wildman–Crippen MR) is 106 cm³/mol. The van der Waals surface area contributed by atoms with Crippen molar-refractivity contribution in [3.8, 4) is 0 Å². The minimum Gasteiger partial charge on any atom is -0.372 e. The van der Waals surface area contributed by atoms with E-state index in [1.807, 2.05) is 16.8 Å². The molecule has 1 aliphatic heterocycles. The first kappa shape index (κ1) is 17.9. The van der Waals surface area contributed by atoms with Crippen molar-refractivity contribution in [3.05, 3.63) is 53.1 Å². The van der Waals surface area contributed by atoms with Crippen LogP contribution in [0.1, 0.15) is 42.3 Å². The van der Waals surface area contributed by atoms with Gasteiger partial charge in [0, 0.05) is 42.8 Å². The van der Waals surface area contributed by atoms with Crippen molar-refractivity contribution in [2.75, 3.05) is 18.0 Å². The number of aromatic nitrogens is 4. The van der Waals surface area contributed by atoms with Gasteiger partial charge in [0.1, 0.15) is 5.82 Å². The van der Waals surface area contributed by atoms with E-state index in [2.05, 4.69) is 42.8 Å². The van der Waals surface area contributed by atoms with Gasteiger partial charge >= 0.3 is 0 Å². The SMILES string of the molecule is CCc1cc(N2CCCC(OCc3cccnc3)C2)n2nc(C)c(C)c2n1. The molecule has 0 bridgehead atoms. The minimum atomic E-state index is 0.213. The number of anilines is 1. The maximum Gasteiger partial charge on any atom is 0.160 e. The summed E-state index contributed by atoms with van der Waals surface area (Å²) in [6.45, 7) is 8.81. The Hall–Kier alpha value is -2.47. The van der Waals surface area contributed by atoms with E-state index in [0.29, 0.717) is 6.61 Å². The average Bonchev–Trinajstić information content (AvgIpc) is 3.00. The lowest BCUT2D eigenvalue weighted by molar-refractivity contribution is 0.0312. The molecule has 0 saturated carbocycles. The Bertz CT molecular complexity index is 921. The van der Waals surface area contributed by atoms with E-state index in [9.17, 15) is 0 Å². The third kappa shape index (κ3) is 3.67. The molecule has 0 amide bonds. The molecule has 4 heterocycles. The lowest BCUT2D eigenvalue weighted by atomic mass is 10.1. The molecule has 3 aromatic heterocycles. The summed E-state index contributed by atoms with van der Waals surface area (Å²) in [5.74, 6) is 1.13. The van der Waals surface area contributed by atoms with E-state index < -0.39 is 0 Å². The van der Waals surface area contributed by atoms with Crippen LogP contribution in [0.25, 0.3) is 5.65 Å². The fraction of sp³-hybridized carbons (Fsp3) is 0.476. The number of piperidine rings is 1. The number of hydrogen-bond acceptors (Lipinski definition) is 5. The van der Waals surface area contributed by atoms with Crippen LogP contribution < -0.4 is 4.90 Å². The van der Waals surface area contributed by atoms with Crippen LogP contribution in [0.3, 0.4) is 0 Å². The van der Waals surface area contributed by atoms with Gasteiger partial charge in [-0.25, -0.2) is 4.98 Å². The molecule has 142 valence electrons. The summed E-state index contributed by atoms with van der Waals surface area (Å²) in [6, 6.07) is 6.19. The summed E-state index contributed by atoms with van der Waals surface area (Å²) in [5, 5.41) is 4.75. The van der Waals surface area contributed by atoms with E-state index >= 15 is 0 Å². The predicted octanol–water partition coefficient (Wildman–Crippen LogP) is 3.49. The molecule has 1 fully saturated rings. The van der Waals surface area contributed by atoms with Crippen molar-refractivity contribution in [1.29, 1.82) is 0 Å². The smallest absolute Gasteiger partial charge is 0.160 e. The molecule has 0 spiro atoms. The van der Waals surface area contributed by atoms with Crippen molar-refractivity contribution in [1.82, 2.24) is 19.6 Å². The van der Waals surface area contributed by atoms with E-state index in [1.54, 1.807) is 6.20 Å². The van der Waals surface area contributed by atoms with Gasteiger partial charge in [0.15, 0.2) is 5.65 Å². The molecule has 1 saturated heterocycles. The van der Waals surface area contributed by atoms with E-state index in [0.717, 1.165) is 66.3 Å². The fourth-order valence-corrected chi connectivity index (χ4v) is 3.65. The Morgan fingerprint density at radius 3 is 2.96 bits per heavy atom. The molecule has 6 nitrogen and oxygen atoms in total. The first-order chi connectivity index (χ1) is 13.2. The van der Waals surface area contributed by atoms with Crippen LogP contribution in [0.2, 0.25) is 0 Å². The number of aryl methyl sites for hydroxylation is 3. The second kappa shape index (κ2) is 7.64. The van der Waals surface area contributed by atoms with Gasteiger partial charge in [-0.1, -0.05) is 13.0 Å². The molecule has 1 atom stereocenters. The normalized spacial score (nSPS) is 17.6. The first-order valence-corrected chi connectivity index (χ1v) is 9.77. The van der Waals surface area contributed by atoms with E-state index in [4.69, 9.17) is 14.8 Å². The van der Waals surface area contributed by atoms with Crippen LogP contribution >= 0.6 is 0 Å². The standard InChI is InChI=1S/C21H27N5O/c1-4-18-11-20(26-21(23-18)15(2)16(3)24-26)25-10-6-8-19(13-25)27-14-17-7-5-9-22-12-17/h5,7,9,11-12,19H,4,6,8,10,13-14H2,1-3H3. The largest absolute Gasteiger partial charge is 0.372 e. The molecule has 0 aromatic carbocycles. The highest BCUT2D eigenvalue weighted by atomic mass is 16.5. The molecule has 4 rings (SSSR count). The molecule has 1 aliphatic rings. The zero-order valence-electron chi connectivity index (χ0n) is 16.4. The first-order valence-electron chi connectivity index (χ1n) is 9.77. The Labute approximate surface area is 160 Å². The molecule has 27 heavy (non-hydrogen) atoms. The van der Waals surface area contributed by atoms with Gasteiger partial charge in [0.25, 0.3) is 0 Å². The highest BCUT2D eigenvalue weighted by Crippen LogP contribution is 2.25. The number of ether oxygens (including phenoxy) is 1. The Balaban J connectivity index is 1.56. The van der Waals surface area contributed by atoms with Gasteiger partial charge in [0.05, 0.1) is 18.4 Å². The molecule has 1 unspecified atom stereocenters. The Kier molecular flexibility index (Phi) is 5.07. The van der Waals surface area contributed by atoms with Crippen molar-refractivity contribution < 1.29 is 4.74 Å². The summed E-state index contributed by atoms with van der Waals surface area (Å²) in [4.78, 5) is 11.4. The summed E-state index contributed by atoms with van der Waals surface area (Å²) in [5.41, 5.74) is 5.40. The second-order valence-electron chi connectivity index (χ2n) is 7.29. The fourth-order valence-electron chi connectivity index (χ4n) is 3.65. The van der Waals surface area contributed by atoms with Gasteiger partial charge < -0.3 is 9.64 Å². The van der Waals surface area contributed by atoms with Gasteiger partial charge in [-0.3, -0.25) is 4.98 Å². The number of pyridine rings is 1. The van der Waals surface area contributed by atoms with Crippen molar-refractivity contribution in [2.24, 2.45) is 0 Å². The van der Waals surface area contributed by atoms with Crippen LogP contribution in [0.15, 0.2) is 30.6 Å². The molecular formula is C21H27N5O. The number of fused-ring (bicyclic) bond motifs is 1.